The molecule has 1 aliphatic heterocycles. The van der Waals surface area contributed by atoms with E-state index in [4.69, 9.17) is 0 Å². The van der Waals surface area contributed by atoms with E-state index in [1.807, 2.05) is 31.3 Å². The molecule has 1 saturated carbocycles. The van der Waals surface area contributed by atoms with Crippen LogP contribution >= 0.6 is 0 Å². The van der Waals surface area contributed by atoms with E-state index < -0.39 is 0 Å². The van der Waals surface area contributed by atoms with Crippen LogP contribution in [0, 0.1) is 0 Å². The summed E-state index contributed by atoms with van der Waals surface area (Å²) in [6.45, 7) is 4.49. The summed E-state index contributed by atoms with van der Waals surface area (Å²) in [5.41, 5.74) is 5.59. The van der Waals surface area contributed by atoms with Crippen LogP contribution in [-0.4, -0.2) is 31.8 Å². The normalized spacial score (nSPS) is 24.3. The molecular formula is C21H26N2O. The van der Waals surface area contributed by atoms with Gasteiger partial charge in [0, 0.05) is 55.3 Å². The van der Waals surface area contributed by atoms with Gasteiger partial charge in [-0.15, -0.1) is 0 Å². The first-order chi connectivity index (χ1) is 11.3. The van der Waals surface area contributed by atoms with Gasteiger partial charge in [-0.05, 0) is 30.5 Å². The third-order valence-corrected chi connectivity index (χ3v) is 5.04. The van der Waals surface area contributed by atoms with Gasteiger partial charge in [0.2, 0.25) is 0 Å². The summed E-state index contributed by atoms with van der Waals surface area (Å²) < 4.78 is 0. The number of para-hydroxylation sites is 1. The maximum absolute atomic E-state index is 12.5. The molecule has 0 radical (unpaired) electrons. The lowest BCUT2D eigenvalue weighted by Gasteiger charge is -2.23. The second-order valence-corrected chi connectivity index (χ2v) is 7.39. The molecule has 126 valence electrons. The first-order valence-electron chi connectivity index (χ1n) is 8.48. The number of carbonyl (C=O) groups excluding carboxylic acids is 1. The van der Waals surface area contributed by atoms with Crippen molar-refractivity contribution in [3.63, 3.8) is 0 Å². The van der Waals surface area contributed by atoms with E-state index in [1.165, 1.54) is 16.9 Å². The number of benzene rings is 1. The van der Waals surface area contributed by atoms with E-state index in [2.05, 4.69) is 56.1 Å². The number of hydrogen-bond acceptors (Lipinski definition) is 3. The van der Waals surface area contributed by atoms with Gasteiger partial charge in [-0.25, -0.2) is 0 Å². The smallest absolute Gasteiger partial charge is 0.186 e. The Balaban J connectivity index is 1.92. The molecule has 1 aliphatic carbocycles. The summed E-state index contributed by atoms with van der Waals surface area (Å²) in [4.78, 5) is 16.7. The van der Waals surface area contributed by atoms with E-state index in [9.17, 15) is 4.79 Å². The highest BCUT2D eigenvalue weighted by molar-refractivity contribution is 6.10. The first kappa shape index (κ1) is 16.6. The first-order valence-corrected chi connectivity index (χ1v) is 8.48. The Kier molecular flexibility index (Phi) is 4.12. The molecule has 3 heteroatoms. The second-order valence-electron chi connectivity index (χ2n) is 7.39. The van der Waals surface area contributed by atoms with Gasteiger partial charge in [0.1, 0.15) is 0 Å². The molecule has 0 saturated heterocycles. The molecule has 1 aromatic rings. The molecule has 0 N–H and O–H groups in total. The quantitative estimate of drug-likeness (QED) is 0.768. The van der Waals surface area contributed by atoms with E-state index >= 15 is 0 Å². The monoisotopic (exact) mass is 322 g/mol. The van der Waals surface area contributed by atoms with E-state index in [-0.39, 0.29) is 11.2 Å². The van der Waals surface area contributed by atoms with Gasteiger partial charge >= 0.3 is 0 Å². The highest BCUT2D eigenvalue weighted by atomic mass is 16.1. The predicted octanol–water partition coefficient (Wildman–Crippen LogP) is 4.03. The molecule has 3 rings (SSSR count). The molecule has 3 nitrogen and oxygen atoms in total. The number of carbonyl (C=O) groups is 1. The van der Waals surface area contributed by atoms with Crippen molar-refractivity contribution in [2.75, 3.05) is 26.0 Å². The van der Waals surface area contributed by atoms with Gasteiger partial charge in [-0.3, -0.25) is 4.79 Å². The molecule has 0 atom stereocenters. The van der Waals surface area contributed by atoms with Crippen molar-refractivity contribution in [1.29, 1.82) is 0 Å². The van der Waals surface area contributed by atoms with Gasteiger partial charge in [0.05, 0.1) is 0 Å². The van der Waals surface area contributed by atoms with Crippen molar-refractivity contribution in [2.24, 2.45) is 0 Å². The average molecular weight is 322 g/mol. The lowest BCUT2D eigenvalue weighted by Crippen LogP contribution is -2.22. The maximum atomic E-state index is 12.5. The van der Waals surface area contributed by atoms with Crippen LogP contribution < -0.4 is 4.90 Å². The molecule has 0 spiro atoms. The van der Waals surface area contributed by atoms with Crippen LogP contribution in [0.1, 0.15) is 32.3 Å². The Morgan fingerprint density at radius 1 is 1.08 bits per heavy atom. The topological polar surface area (TPSA) is 23.6 Å². The Morgan fingerprint density at radius 2 is 1.75 bits per heavy atom. The zero-order valence-corrected chi connectivity index (χ0v) is 15.3. The van der Waals surface area contributed by atoms with Crippen molar-refractivity contribution in [2.45, 2.75) is 32.1 Å². The fourth-order valence-electron chi connectivity index (χ4n) is 3.78. The van der Waals surface area contributed by atoms with E-state index in [0.29, 0.717) is 0 Å². The van der Waals surface area contributed by atoms with Crippen LogP contribution in [0.15, 0.2) is 59.5 Å². The number of likely N-dealkylation sites (N-methyl/N-ethyl adjacent to an activating group) is 1. The average Bonchev–Trinajstić information content (AvgIpc) is 2.95. The summed E-state index contributed by atoms with van der Waals surface area (Å²) in [7, 11) is 6.01. The van der Waals surface area contributed by atoms with Gasteiger partial charge in [0.15, 0.2) is 5.78 Å². The van der Waals surface area contributed by atoms with Crippen molar-refractivity contribution in [1.82, 2.24) is 4.90 Å². The molecule has 1 aromatic carbocycles. The Morgan fingerprint density at radius 3 is 2.42 bits per heavy atom. The SMILES string of the molecule is CN(C)/C=C1\CC/C(=C/C=C2\N(C)c3ccccc3C2(C)C)C1=O. The summed E-state index contributed by atoms with van der Waals surface area (Å²) in [5, 5.41) is 0. The second kappa shape index (κ2) is 5.97. The molecule has 0 bridgehead atoms. The molecule has 1 fully saturated rings. The summed E-state index contributed by atoms with van der Waals surface area (Å²) in [6, 6.07) is 8.52. The predicted molar refractivity (Wildman–Crippen MR) is 100 cm³/mol. The molecule has 1 heterocycles. The Bertz CT molecular complexity index is 766. The summed E-state index contributed by atoms with van der Waals surface area (Å²) >= 11 is 0. The zero-order valence-electron chi connectivity index (χ0n) is 15.3. The Labute approximate surface area is 145 Å². The number of anilines is 1. The largest absolute Gasteiger partial charge is 0.383 e. The van der Waals surface area contributed by atoms with Crippen LogP contribution in [-0.2, 0) is 10.2 Å². The van der Waals surface area contributed by atoms with Crippen molar-refractivity contribution in [3.8, 4) is 0 Å². The van der Waals surface area contributed by atoms with Crippen LogP contribution in [0.25, 0.3) is 0 Å². The number of allylic oxidation sites excluding steroid dienone is 5. The number of Topliss-reactive ketones (excluding diaryl/α,β-unsaturated/α-hetero) is 1. The summed E-state index contributed by atoms with van der Waals surface area (Å²) in [5.74, 6) is 0.191. The van der Waals surface area contributed by atoms with Crippen molar-refractivity contribution >= 4 is 11.5 Å². The molecular weight excluding hydrogens is 296 g/mol. The third kappa shape index (κ3) is 2.68. The van der Waals surface area contributed by atoms with Crippen LogP contribution in [0.4, 0.5) is 5.69 Å². The minimum Gasteiger partial charge on any atom is -0.383 e. The molecule has 0 aromatic heterocycles. The van der Waals surface area contributed by atoms with Crippen molar-refractivity contribution < 1.29 is 4.79 Å². The molecule has 2 aliphatic rings. The Hall–Kier alpha value is -2.29. The van der Waals surface area contributed by atoms with Crippen LogP contribution in [0.5, 0.6) is 0 Å². The van der Waals surface area contributed by atoms with Gasteiger partial charge in [-0.2, -0.15) is 0 Å². The lowest BCUT2D eigenvalue weighted by atomic mass is 9.83. The highest BCUT2D eigenvalue weighted by Crippen LogP contribution is 2.46. The summed E-state index contributed by atoms with van der Waals surface area (Å²) in [6.07, 6.45) is 7.77. The minimum absolute atomic E-state index is 0.0492. The maximum Gasteiger partial charge on any atom is 0.186 e. The van der Waals surface area contributed by atoms with Gasteiger partial charge in [0.25, 0.3) is 0 Å². The molecule has 0 unspecified atom stereocenters. The molecule has 0 amide bonds. The third-order valence-electron chi connectivity index (χ3n) is 5.04. The van der Waals surface area contributed by atoms with Crippen LogP contribution in [0.2, 0.25) is 0 Å². The highest BCUT2D eigenvalue weighted by Gasteiger charge is 2.37. The number of fused-ring (bicyclic) bond motifs is 1. The van der Waals surface area contributed by atoms with Gasteiger partial charge in [-0.1, -0.05) is 38.1 Å². The lowest BCUT2D eigenvalue weighted by molar-refractivity contribution is -0.111. The van der Waals surface area contributed by atoms with E-state index in [0.717, 1.165) is 24.0 Å². The number of hydrogen-bond donors (Lipinski definition) is 0. The number of nitrogens with zero attached hydrogens (tertiary/aromatic N) is 2. The number of ketones is 1. The van der Waals surface area contributed by atoms with Crippen LogP contribution in [0.3, 0.4) is 0 Å². The van der Waals surface area contributed by atoms with E-state index in [1.54, 1.807) is 0 Å². The fraction of sp³-hybridized carbons (Fsp3) is 0.381. The minimum atomic E-state index is -0.0492. The van der Waals surface area contributed by atoms with Gasteiger partial charge < -0.3 is 9.80 Å². The molecule has 24 heavy (non-hydrogen) atoms. The standard InChI is InChI=1S/C21H26N2O/c1-21(2)17-8-6-7-9-18(17)23(5)19(21)13-12-15-10-11-16(20(15)24)14-22(3)4/h6-9,12-14H,10-11H2,1-5H3/b15-12-,16-14+,19-13-. The van der Waals surface area contributed by atoms with Crippen molar-refractivity contribution in [3.05, 3.63) is 65.0 Å². The fourth-order valence-corrected chi connectivity index (χ4v) is 3.78. The zero-order chi connectivity index (χ0) is 17.5. The number of rotatable bonds is 2.